The molecule has 2 bridgehead atoms. The number of carboxylic acid groups (broad SMARTS) is 1. The van der Waals surface area contributed by atoms with Gasteiger partial charge in [0, 0.05) is 30.6 Å². The van der Waals surface area contributed by atoms with Crippen LogP contribution in [0.4, 0.5) is 0 Å². The van der Waals surface area contributed by atoms with Crippen molar-refractivity contribution in [2.75, 3.05) is 20.1 Å². The number of likely N-dealkylation sites (tertiary alicyclic amines) is 2. The number of hydrogen-bond donors (Lipinski definition) is 2. The van der Waals surface area contributed by atoms with E-state index in [0.29, 0.717) is 17.8 Å². The molecule has 2 N–H and O–H groups in total. The Bertz CT molecular complexity index is 967. The highest BCUT2D eigenvalue weighted by Crippen LogP contribution is 2.32. The Hall–Kier alpha value is -2.71. The van der Waals surface area contributed by atoms with Gasteiger partial charge in [-0.25, -0.2) is 0 Å². The van der Waals surface area contributed by atoms with E-state index < -0.39 is 0 Å². The number of hydrogen-bond acceptors (Lipinski definition) is 5. The first-order valence-corrected chi connectivity index (χ1v) is 9.66. The average Bonchev–Trinajstić information content (AvgIpc) is 3.43. The van der Waals surface area contributed by atoms with Crippen molar-refractivity contribution in [3.8, 4) is 11.1 Å². The van der Waals surface area contributed by atoms with Gasteiger partial charge in [-0.3, -0.25) is 19.6 Å². The van der Waals surface area contributed by atoms with Gasteiger partial charge in [0.1, 0.15) is 0 Å². The Morgan fingerprint density at radius 3 is 2.74 bits per heavy atom. The van der Waals surface area contributed by atoms with Crippen molar-refractivity contribution in [1.82, 2.24) is 20.0 Å². The molecule has 0 unspecified atom stereocenters. The van der Waals surface area contributed by atoms with Crippen molar-refractivity contribution in [3.63, 3.8) is 0 Å². The zero-order chi connectivity index (χ0) is 19.0. The van der Waals surface area contributed by atoms with Crippen LogP contribution in [0.2, 0.25) is 0 Å². The molecular formula is C19H20N4O3S. The number of likely N-dealkylation sites (N-methyl/N-ethyl adjacent to an activating group) is 1. The van der Waals surface area contributed by atoms with E-state index in [1.807, 2.05) is 11.0 Å². The number of carbonyl (C=O) groups is 2. The van der Waals surface area contributed by atoms with E-state index in [2.05, 4.69) is 51.1 Å². The summed E-state index contributed by atoms with van der Waals surface area (Å²) < 4.78 is 0. The highest BCUT2D eigenvalue weighted by atomic mass is 32.1. The van der Waals surface area contributed by atoms with Gasteiger partial charge in [-0.2, -0.15) is 16.4 Å². The first-order valence-electron chi connectivity index (χ1n) is 8.72. The molecule has 3 aromatic rings. The number of aromatic nitrogens is 2. The van der Waals surface area contributed by atoms with Crippen LogP contribution in [0.5, 0.6) is 0 Å². The standard InChI is InChI=1S/C18H18N4OS.CH2O2/c1-21-8-14-7-13(21)9-22(14)18(23)17-15-6-11(12-4-5-24-10-12)2-3-16(15)19-20-17;2-1-3/h2-6,10,13-14H,7-9H2,1H3,(H,19,20);1H,(H,2,3)/t13-,14-;/m0./s1. The SMILES string of the molecule is CN1C[C@@H]2C[C@H]1CN2C(=O)c1n[nH]c2ccc(-c3ccsc3)cc12.O=CO. The van der Waals surface area contributed by atoms with Crippen molar-refractivity contribution < 1.29 is 14.7 Å². The van der Waals surface area contributed by atoms with Gasteiger partial charge in [-0.05, 0) is 53.6 Å². The molecule has 27 heavy (non-hydrogen) atoms. The molecule has 140 valence electrons. The Morgan fingerprint density at radius 2 is 2.11 bits per heavy atom. The minimum Gasteiger partial charge on any atom is -0.483 e. The second-order valence-electron chi connectivity index (χ2n) is 6.89. The van der Waals surface area contributed by atoms with E-state index >= 15 is 0 Å². The van der Waals surface area contributed by atoms with Crippen molar-refractivity contribution >= 4 is 34.6 Å². The number of rotatable bonds is 2. The van der Waals surface area contributed by atoms with Gasteiger partial charge < -0.3 is 10.0 Å². The van der Waals surface area contributed by atoms with Crippen LogP contribution in [0.1, 0.15) is 16.9 Å². The van der Waals surface area contributed by atoms with E-state index in [1.165, 1.54) is 5.56 Å². The third kappa shape index (κ3) is 3.11. The van der Waals surface area contributed by atoms with Gasteiger partial charge >= 0.3 is 0 Å². The monoisotopic (exact) mass is 384 g/mol. The molecule has 2 aromatic heterocycles. The minimum atomic E-state index is -0.250. The van der Waals surface area contributed by atoms with Gasteiger partial charge in [0.2, 0.25) is 0 Å². The fourth-order valence-corrected chi connectivity index (χ4v) is 4.70. The maximum Gasteiger partial charge on any atom is 0.290 e. The van der Waals surface area contributed by atoms with E-state index in [9.17, 15) is 4.79 Å². The average molecular weight is 384 g/mol. The number of nitrogens with zero attached hydrogens (tertiary/aromatic N) is 3. The Morgan fingerprint density at radius 1 is 1.30 bits per heavy atom. The highest BCUT2D eigenvalue weighted by molar-refractivity contribution is 7.08. The quantitative estimate of drug-likeness (QED) is 0.663. The Labute approximate surface area is 160 Å². The molecule has 1 aromatic carbocycles. The zero-order valence-electron chi connectivity index (χ0n) is 14.8. The molecule has 0 aliphatic carbocycles. The molecule has 2 fully saturated rings. The van der Waals surface area contributed by atoms with Crippen LogP contribution in [0, 0.1) is 0 Å². The summed E-state index contributed by atoms with van der Waals surface area (Å²) in [6, 6.07) is 9.10. The van der Waals surface area contributed by atoms with Crippen molar-refractivity contribution in [2.45, 2.75) is 18.5 Å². The predicted octanol–water partition coefficient (Wildman–Crippen LogP) is 2.52. The summed E-state index contributed by atoms with van der Waals surface area (Å²) in [6.07, 6.45) is 1.09. The summed E-state index contributed by atoms with van der Waals surface area (Å²) in [6.45, 7) is 1.54. The molecule has 5 rings (SSSR count). The largest absolute Gasteiger partial charge is 0.483 e. The normalized spacial score (nSPS) is 21.3. The second-order valence-corrected chi connectivity index (χ2v) is 7.67. The first-order chi connectivity index (χ1) is 13.1. The van der Waals surface area contributed by atoms with E-state index in [1.54, 1.807) is 11.3 Å². The number of carbonyl (C=O) groups excluding carboxylic acids is 1. The molecule has 2 atom stereocenters. The van der Waals surface area contributed by atoms with Gasteiger partial charge in [0.05, 0.1) is 5.52 Å². The molecule has 2 aliphatic rings. The topological polar surface area (TPSA) is 89.5 Å². The van der Waals surface area contributed by atoms with Crippen LogP contribution in [-0.2, 0) is 4.79 Å². The number of fused-ring (bicyclic) bond motifs is 3. The summed E-state index contributed by atoms with van der Waals surface area (Å²) in [5, 5.41) is 19.3. The fourth-order valence-electron chi connectivity index (χ4n) is 4.04. The molecule has 2 aliphatic heterocycles. The maximum atomic E-state index is 13.0. The van der Waals surface area contributed by atoms with Gasteiger partial charge in [0.15, 0.2) is 5.69 Å². The molecule has 1 amide bonds. The van der Waals surface area contributed by atoms with Crippen molar-refractivity contribution in [3.05, 3.63) is 40.7 Å². The van der Waals surface area contributed by atoms with E-state index in [-0.39, 0.29) is 12.4 Å². The zero-order valence-corrected chi connectivity index (χ0v) is 15.6. The molecule has 2 saturated heterocycles. The molecule has 0 spiro atoms. The van der Waals surface area contributed by atoms with Crippen molar-refractivity contribution in [1.29, 1.82) is 0 Å². The Balaban J connectivity index is 0.000000565. The number of amides is 1. The Kier molecular flexibility index (Phi) is 4.67. The lowest BCUT2D eigenvalue weighted by atomic mass is 10.1. The van der Waals surface area contributed by atoms with E-state index in [4.69, 9.17) is 9.90 Å². The number of nitrogens with one attached hydrogen (secondary N) is 1. The van der Waals surface area contributed by atoms with Crippen LogP contribution >= 0.6 is 11.3 Å². The van der Waals surface area contributed by atoms with Crippen LogP contribution in [-0.4, -0.2) is 69.7 Å². The number of H-pyrrole nitrogens is 1. The lowest BCUT2D eigenvalue weighted by molar-refractivity contribution is -0.122. The molecule has 4 heterocycles. The predicted molar refractivity (Wildman–Crippen MR) is 104 cm³/mol. The van der Waals surface area contributed by atoms with Gasteiger partial charge in [0.25, 0.3) is 12.4 Å². The summed E-state index contributed by atoms with van der Waals surface area (Å²) in [7, 11) is 2.14. The summed E-state index contributed by atoms with van der Waals surface area (Å²) >= 11 is 1.68. The lowest BCUT2D eigenvalue weighted by Crippen LogP contribution is -2.47. The smallest absolute Gasteiger partial charge is 0.290 e. The highest BCUT2D eigenvalue weighted by Gasteiger charge is 2.44. The number of benzene rings is 1. The third-order valence-electron chi connectivity index (χ3n) is 5.40. The second kappa shape index (κ2) is 7.13. The van der Waals surface area contributed by atoms with Crippen molar-refractivity contribution in [2.24, 2.45) is 0 Å². The molecule has 0 radical (unpaired) electrons. The summed E-state index contributed by atoms with van der Waals surface area (Å²) in [5.74, 6) is 0.0596. The maximum absolute atomic E-state index is 13.0. The van der Waals surface area contributed by atoms with Crippen LogP contribution < -0.4 is 0 Å². The number of piperazine rings is 1. The fraction of sp³-hybridized carbons (Fsp3) is 0.316. The molecule has 8 heteroatoms. The van der Waals surface area contributed by atoms with Crippen LogP contribution in [0.25, 0.3) is 22.0 Å². The molecule has 7 nitrogen and oxygen atoms in total. The first kappa shape index (κ1) is 17.7. The third-order valence-corrected chi connectivity index (χ3v) is 6.08. The van der Waals surface area contributed by atoms with Crippen LogP contribution in [0.3, 0.4) is 0 Å². The molecule has 0 saturated carbocycles. The number of thiophene rings is 1. The minimum absolute atomic E-state index is 0.0596. The van der Waals surface area contributed by atoms with E-state index in [0.717, 1.165) is 36.0 Å². The summed E-state index contributed by atoms with van der Waals surface area (Å²) in [4.78, 5) is 25.8. The van der Waals surface area contributed by atoms with Crippen LogP contribution in [0.15, 0.2) is 35.0 Å². The lowest BCUT2D eigenvalue weighted by Gasteiger charge is -2.31. The summed E-state index contributed by atoms with van der Waals surface area (Å²) in [5.41, 5.74) is 3.78. The van der Waals surface area contributed by atoms with Gasteiger partial charge in [-0.15, -0.1) is 0 Å². The number of aromatic amines is 1. The molecular weight excluding hydrogens is 364 g/mol. The van der Waals surface area contributed by atoms with Gasteiger partial charge in [-0.1, -0.05) is 6.07 Å².